The van der Waals surface area contributed by atoms with Gasteiger partial charge in [-0.25, -0.2) is 13.6 Å². The number of amides is 2. The largest absolute Gasteiger partial charge is 0.465 e. The van der Waals surface area contributed by atoms with Gasteiger partial charge in [0.25, 0.3) is 0 Å². The highest BCUT2D eigenvalue weighted by atomic mass is 19.1. The molecule has 1 N–H and O–H groups in total. The molecule has 0 aliphatic carbocycles. The minimum Gasteiger partial charge on any atom is -0.465 e. The Hall–Kier alpha value is -2.51. The van der Waals surface area contributed by atoms with Crippen molar-refractivity contribution in [3.63, 3.8) is 0 Å². The minimum absolute atomic E-state index is 0.0431. The van der Waals surface area contributed by atoms with Crippen LogP contribution in [0.1, 0.15) is 36.5 Å². The molecule has 1 atom stereocenters. The van der Waals surface area contributed by atoms with Crippen LogP contribution in [0.15, 0.2) is 12.1 Å². The number of methoxy groups -OCH3 is 1. The Morgan fingerprint density at radius 1 is 1.28 bits per heavy atom. The van der Waals surface area contributed by atoms with Gasteiger partial charge in [0.1, 0.15) is 11.6 Å². The molecule has 1 aromatic rings. The van der Waals surface area contributed by atoms with Gasteiger partial charge in [0.05, 0.1) is 24.3 Å². The van der Waals surface area contributed by atoms with Crippen molar-refractivity contribution in [2.45, 2.75) is 26.2 Å². The molecule has 8 heteroatoms. The third-order valence-corrected chi connectivity index (χ3v) is 4.17. The van der Waals surface area contributed by atoms with E-state index < -0.39 is 35.0 Å². The predicted molar refractivity (Wildman–Crippen MR) is 85.9 cm³/mol. The van der Waals surface area contributed by atoms with Gasteiger partial charge < -0.3 is 15.0 Å². The summed E-state index contributed by atoms with van der Waals surface area (Å²) in [4.78, 5) is 37.3. The van der Waals surface area contributed by atoms with Gasteiger partial charge in [-0.15, -0.1) is 0 Å². The maximum Gasteiger partial charge on any atom is 0.340 e. The summed E-state index contributed by atoms with van der Waals surface area (Å²) in [6, 6.07) is 1.43. The summed E-state index contributed by atoms with van der Waals surface area (Å²) in [6.45, 7) is 2.59. The number of esters is 1. The van der Waals surface area contributed by atoms with Gasteiger partial charge in [-0.05, 0) is 18.9 Å². The van der Waals surface area contributed by atoms with E-state index in [9.17, 15) is 23.2 Å². The van der Waals surface area contributed by atoms with Gasteiger partial charge in [0.15, 0.2) is 0 Å². The van der Waals surface area contributed by atoms with Crippen molar-refractivity contribution >= 4 is 23.5 Å². The van der Waals surface area contributed by atoms with Gasteiger partial charge >= 0.3 is 5.97 Å². The molecule has 0 saturated carbocycles. The lowest BCUT2D eigenvalue weighted by Crippen LogP contribution is -2.43. The predicted octanol–water partition coefficient (Wildman–Crippen LogP) is 2.34. The van der Waals surface area contributed by atoms with Crippen molar-refractivity contribution in [2.24, 2.45) is 5.92 Å². The molecule has 1 fully saturated rings. The van der Waals surface area contributed by atoms with E-state index in [0.29, 0.717) is 31.9 Å². The first-order chi connectivity index (χ1) is 11.9. The summed E-state index contributed by atoms with van der Waals surface area (Å²) in [5.74, 6) is -4.04. The van der Waals surface area contributed by atoms with Crippen molar-refractivity contribution in [2.75, 3.05) is 25.5 Å². The van der Waals surface area contributed by atoms with E-state index in [2.05, 4.69) is 10.1 Å². The van der Waals surface area contributed by atoms with Crippen LogP contribution in [0.3, 0.4) is 0 Å². The third-order valence-electron chi connectivity index (χ3n) is 4.17. The molecule has 0 radical (unpaired) electrons. The summed E-state index contributed by atoms with van der Waals surface area (Å²) in [6.07, 6.45) is 1.58. The van der Waals surface area contributed by atoms with Crippen molar-refractivity contribution < 1.29 is 27.9 Å². The number of hydrogen-bond acceptors (Lipinski definition) is 4. The third kappa shape index (κ3) is 4.32. The quantitative estimate of drug-likeness (QED) is 0.842. The lowest BCUT2D eigenvalue weighted by atomic mass is 9.96. The van der Waals surface area contributed by atoms with E-state index in [1.54, 1.807) is 11.8 Å². The molecule has 25 heavy (non-hydrogen) atoms. The zero-order valence-corrected chi connectivity index (χ0v) is 14.1. The lowest BCUT2D eigenvalue weighted by Gasteiger charge is -2.32. The normalized spacial score (nSPS) is 17.1. The van der Waals surface area contributed by atoms with Crippen LogP contribution in [0.2, 0.25) is 0 Å². The Morgan fingerprint density at radius 2 is 2.00 bits per heavy atom. The molecule has 0 spiro atoms. The molecule has 0 aromatic heterocycles. The number of hydrogen-bond donors (Lipinski definition) is 1. The van der Waals surface area contributed by atoms with Crippen LogP contribution < -0.4 is 5.32 Å². The van der Waals surface area contributed by atoms with E-state index in [1.807, 2.05) is 0 Å². The van der Waals surface area contributed by atoms with Crippen LogP contribution in [0, 0.1) is 17.6 Å². The van der Waals surface area contributed by atoms with Gasteiger partial charge in [0.2, 0.25) is 11.8 Å². The fraction of sp³-hybridized carbons (Fsp3) is 0.471. The monoisotopic (exact) mass is 354 g/mol. The fourth-order valence-corrected chi connectivity index (χ4v) is 2.79. The molecule has 1 saturated heterocycles. The van der Waals surface area contributed by atoms with Gasteiger partial charge in [0, 0.05) is 25.6 Å². The average molecular weight is 354 g/mol. The second-order valence-corrected chi connectivity index (χ2v) is 5.83. The topological polar surface area (TPSA) is 75.7 Å². The highest BCUT2D eigenvalue weighted by molar-refractivity contribution is 5.96. The molecule has 1 aliphatic heterocycles. The number of rotatable bonds is 4. The molecule has 1 unspecified atom stereocenters. The Morgan fingerprint density at radius 3 is 2.64 bits per heavy atom. The summed E-state index contributed by atoms with van der Waals surface area (Å²) >= 11 is 0. The number of nitrogens with one attached hydrogen (secondary N) is 1. The van der Waals surface area contributed by atoms with Crippen LogP contribution in [-0.4, -0.2) is 42.9 Å². The molecule has 1 heterocycles. The SMILES string of the molecule is CCC(=O)N1CCCC(C(=O)Nc2cc(C(=O)OC)c(F)cc2F)C1. The number of nitrogens with zero attached hydrogens (tertiary/aromatic N) is 1. The molecule has 1 aromatic carbocycles. The van der Waals surface area contributed by atoms with Gasteiger partial charge in [-0.3, -0.25) is 9.59 Å². The van der Waals surface area contributed by atoms with E-state index in [0.717, 1.165) is 13.2 Å². The first-order valence-corrected chi connectivity index (χ1v) is 8.03. The summed E-state index contributed by atoms with van der Waals surface area (Å²) in [5.41, 5.74) is -0.767. The molecule has 1 aliphatic rings. The number of carbonyl (C=O) groups excluding carboxylic acids is 3. The Bertz CT molecular complexity index is 693. The Labute approximate surface area is 144 Å². The molecule has 2 amide bonds. The second kappa shape index (κ2) is 8.04. The van der Waals surface area contributed by atoms with Gasteiger partial charge in [-0.1, -0.05) is 6.92 Å². The smallest absolute Gasteiger partial charge is 0.340 e. The highest BCUT2D eigenvalue weighted by Gasteiger charge is 2.28. The summed E-state index contributed by atoms with van der Waals surface area (Å²) in [7, 11) is 1.07. The fourth-order valence-electron chi connectivity index (χ4n) is 2.79. The van der Waals surface area contributed by atoms with E-state index in [-0.39, 0.29) is 18.1 Å². The molecule has 6 nitrogen and oxygen atoms in total. The summed E-state index contributed by atoms with van der Waals surface area (Å²) < 4.78 is 32.0. The molecule has 0 bridgehead atoms. The van der Waals surface area contributed by atoms with E-state index >= 15 is 0 Å². The number of ether oxygens (including phenoxy) is 1. The number of halogens is 2. The van der Waals surface area contributed by atoms with Crippen LogP contribution in [0.5, 0.6) is 0 Å². The Balaban J connectivity index is 2.14. The van der Waals surface area contributed by atoms with E-state index in [4.69, 9.17) is 0 Å². The molecular formula is C17H20F2N2O4. The van der Waals surface area contributed by atoms with Crippen molar-refractivity contribution in [3.05, 3.63) is 29.3 Å². The zero-order chi connectivity index (χ0) is 18.6. The number of piperidine rings is 1. The van der Waals surface area contributed by atoms with Crippen LogP contribution in [-0.2, 0) is 14.3 Å². The number of carbonyl (C=O) groups is 3. The van der Waals surface area contributed by atoms with Crippen LogP contribution in [0.4, 0.5) is 14.5 Å². The van der Waals surface area contributed by atoms with E-state index in [1.165, 1.54) is 0 Å². The minimum atomic E-state index is -1.07. The molecular weight excluding hydrogens is 334 g/mol. The number of benzene rings is 1. The standard InChI is InChI=1S/C17H20F2N2O4/c1-3-15(22)21-6-4-5-10(9-21)16(23)20-14-7-11(17(24)25-2)12(18)8-13(14)19/h7-8,10H,3-6,9H2,1-2H3,(H,20,23). The number of anilines is 1. The highest BCUT2D eigenvalue weighted by Crippen LogP contribution is 2.23. The number of likely N-dealkylation sites (tertiary alicyclic amines) is 1. The van der Waals surface area contributed by atoms with Crippen molar-refractivity contribution in [1.82, 2.24) is 4.90 Å². The Kier molecular flexibility index (Phi) is 6.06. The van der Waals surface area contributed by atoms with Crippen LogP contribution >= 0.6 is 0 Å². The zero-order valence-electron chi connectivity index (χ0n) is 14.1. The average Bonchev–Trinajstić information content (AvgIpc) is 2.62. The summed E-state index contributed by atoms with van der Waals surface area (Å²) in [5, 5.41) is 2.38. The van der Waals surface area contributed by atoms with Crippen LogP contribution in [0.25, 0.3) is 0 Å². The second-order valence-electron chi connectivity index (χ2n) is 5.83. The van der Waals surface area contributed by atoms with Gasteiger partial charge in [-0.2, -0.15) is 0 Å². The lowest BCUT2D eigenvalue weighted by molar-refractivity contribution is -0.134. The maximum absolute atomic E-state index is 13.9. The molecule has 136 valence electrons. The first kappa shape index (κ1) is 18.8. The first-order valence-electron chi connectivity index (χ1n) is 8.03. The molecule has 2 rings (SSSR count). The van der Waals surface area contributed by atoms with Crippen molar-refractivity contribution in [1.29, 1.82) is 0 Å². The maximum atomic E-state index is 13.9. The van der Waals surface area contributed by atoms with Crippen molar-refractivity contribution in [3.8, 4) is 0 Å².